The van der Waals surface area contributed by atoms with Crippen LogP contribution in [0.2, 0.25) is 0 Å². The lowest BCUT2D eigenvalue weighted by molar-refractivity contribution is -0.117. The quantitative estimate of drug-likeness (QED) is 0.790. The number of likely N-dealkylation sites (N-methyl/N-ethyl adjacent to an activating group) is 1. The van der Waals surface area contributed by atoms with Gasteiger partial charge in [0.05, 0.1) is 19.3 Å². The van der Waals surface area contributed by atoms with Gasteiger partial charge in [0.1, 0.15) is 5.75 Å². The van der Waals surface area contributed by atoms with Gasteiger partial charge in [0.15, 0.2) is 0 Å². The van der Waals surface area contributed by atoms with Gasteiger partial charge in [0.25, 0.3) is 0 Å². The minimum atomic E-state index is -0.0207. The van der Waals surface area contributed by atoms with Crippen molar-refractivity contribution in [3.63, 3.8) is 0 Å². The molecule has 0 saturated heterocycles. The van der Waals surface area contributed by atoms with Crippen molar-refractivity contribution in [3.05, 3.63) is 18.2 Å². The monoisotopic (exact) mass is 291 g/mol. The molecule has 0 unspecified atom stereocenters. The van der Waals surface area contributed by atoms with Gasteiger partial charge in [-0.05, 0) is 37.6 Å². The zero-order chi connectivity index (χ0) is 15.2. The summed E-state index contributed by atoms with van der Waals surface area (Å²) in [5.74, 6) is 0.606. The molecule has 116 valence electrons. The Kier molecular flexibility index (Phi) is 5.44. The van der Waals surface area contributed by atoms with Crippen molar-refractivity contribution in [2.24, 2.45) is 0 Å². The number of amides is 1. The zero-order valence-electron chi connectivity index (χ0n) is 12.9. The predicted octanol–water partition coefficient (Wildman–Crippen LogP) is 2.48. The number of nitrogens with one attached hydrogen (secondary N) is 1. The molecule has 0 aromatic heterocycles. The van der Waals surface area contributed by atoms with E-state index in [4.69, 9.17) is 10.5 Å². The molecule has 1 aromatic carbocycles. The van der Waals surface area contributed by atoms with Crippen molar-refractivity contribution >= 4 is 17.3 Å². The van der Waals surface area contributed by atoms with E-state index in [1.165, 1.54) is 25.7 Å². The molecule has 1 aromatic rings. The van der Waals surface area contributed by atoms with E-state index < -0.39 is 0 Å². The van der Waals surface area contributed by atoms with Crippen LogP contribution >= 0.6 is 0 Å². The molecule has 1 aliphatic rings. The standard InChI is InChI=1S/C16H25N3O2/c1-3-19(13-6-4-5-7-13)11-16(20)18-14-10-12(17)8-9-15(14)21-2/h8-10,13H,3-7,11,17H2,1-2H3,(H,18,20). The Morgan fingerprint density at radius 2 is 2.14 bits per heavy atom. The number of rotatable bonds is 6. The molecule has 21 heavy (non-hydrogen) atoms. The molecular formula is C16H25N3O2. The van der Waals surface area contributed by atoms with Crippen molar-refractivity contribution < 1.29 is 9.53 Å². The van der Waals surface area contributed by atoms with Gasteiger partial charge in [0.2, 0.25) is 5.91 Å². The second kappa shape index (κ2) is 7.31. The number of hydrogen-bond acceptors (Lipinski definition) is 4. The lowest BCUT2D eigenvalue weighted by Gasteiger charge is -2.26. The average Bonchev–Trinajstić information content (AvgIpc) is 2.99. The van der Waals surface area contributed by atoms with Crippen molar-refractivity contribution in [3.8, 4) is 5.75 Å². The molecule has 0 spiro atoms. The van der Waals surface area contributed by atoms with Crippen LogP contribution < -0.4 is 15.8 Å². The van der Waals surface area contributed by atoms with E-state index in [9.17, 15) is 4.79 Å². The number of nitrogens with two attached hydrogens (primary N) is 1. The first-order valence-electron chi connectivity index (χ1n) is 7.61. The molecule has 1 saturated carbocycles. The second-order valence-corrected chi connectivity index (χ2v) is 5.51. The Balaban J connectivity index is 1.98. The number of ether oxygens (including phenoxy) is 1. The SMILES string of the molecule is CCN(CC(=O)Nc1cc(N)ccc1OC)C1CCCC1. The maximum Gasteiger partial charge on any atom is 0.238 e. The third-order valence-electron chi connectivity index (χ3n) is 4.09. The number of nitrogen functional groups attached to an aromatic ring is 1. The number of carbonyl (C=O) groups excluding carboxylic acids is 1. The highest BCUT2D eigenvalue weighted by molar-refractivity contribution is 5.94. The van der Waals surface area contributed by atoms with Gasteiger partial charge in [-0.25, -0.2) is 0 Å². The first kappa shape index (κ1) is 15.6. The van der Waals surface area contributed by atoms with Gasteiger partial charge in [-0.3, -0.25) is 9.69 Å². The van der Waals surface area contributed by atoms with Gasteiger partial charge >= 0.3 is 0 Å². The predicted molar refractivity (Wildman–Crippen MR) is 85.5 cm³/mol. The third-order valence-corrected chi connectivity index (χ3v) is 4.09. The van der Waals surface area contributed by atoms with E-state index in [0.29, 0.717) is 29.7 Å². The molecule has 2 rings (SSSR count). The Hall–Kier alpha value is -1.75. The molecule has 1 aliphatic carbocycles. The van der Waals surface area contributed by atoms with E-state index >= 15 is 0 Å². The molecule has 3 N–H and O–H groups in total. The Labute approximate surface area is 126 Å². The fraction of sp³-hybridized carbons (Fsp3) is 0.562. The number of anilines is 2. The van der Waals surface area contributed by atoms with Gasteiger partial charge in [-0.15, -0.1) is 0 Å². The Morgan fingerprint density at radius 1 is 1.43 bits per heavy atom. The summed E-state index contributed by atoms with van der Waals surface area (Å²) in [7, 11) is 1.58. The van der Waals surface area contributed by atoms with Crippen LogP contribution in [0.1, 0.15) is 32.6 Å². The summed E-state index contributed by atoms with van der Waals surface area (Å²) < 4.78 is 5.25. The van der Waals surface area contributed by atoms with Crippen LogP contribution in [0.5, 0.6) is 5.75 Å². The maximum atomic E-state index is 12.3. The highest BCUT2D eigenvalue weighted by atomic mass is 16.5. The van der Waals surface area contributed by atoms with E-state index in [2.05, 4.69) is 17.1 Å². The van der Waals surface area contributed by atoms with Gasteiger partial charge < -0.3 is 15.8 Å². The summed E-state index contributed by atoms with van der Waals surface area (Å²) in [4.78, 5) is 14.5. The molecule has 0 atom stereocenters. The zero-order valence-corrected chi connectivity index (χ0v) is 12.9. The molecule has 1 amide bonds. The van der Waals surface area contributed by atoms with E-state index in [0.717, 1.165) is 6.54 Å². The minimum absolute atomic E-state index is 0.0207. The molecule has 0 bridgehead atoms. The highest BCUT2D eigenvalue weighted by Crippen LogP contribution is 2.27. The second-order valence-electron chi connectivity index (χ2n) is 5.51. The Morgan fingerprint density at radius 3 is 2.76 bits per heavy atom. The largest absolute Gasteiger partial charge is 0.495 e. The summed E-state index contributed by atoms with van der Waals surface area (Å²) in [5.41, 5.74) is 7.00. The summed E-state index contributed by atoms with van der Waals surface area (Å²) in [6.07, 6.45) is 4.93. The molecule has 0 aliphatic heterocycles. The van der Waals surface area contributed by atoms with Gasteiger partial charge in [-0.1, -0.05) is 19.8 Å². The molecule has 5 heteroatoms. The number of carbonyl (C=O) groups is 1. The van der Waals surface area contributed by atoms with Crippen molar-refractivity contribution in [2.45, 2.75) is 38.6 Å². The highest BCUT2D eigenvalue weighted by Gasteiger charge is 2.23. The molecule has 5 nitrogen and oxygen atoms in total. The molecule has 0 heterocycles. The normalized spacial score (nSPS) is 15.4. The first-order chi connectivity index (χ1) is 10.1. The number of nitrogens with zero attached hydrogens (tertiary/aromatic N) is 1. The van der Waals surface area contributed by atoms with Crippen LogP contribution in [-0.4, -0.2) is 37.0 Å². The van der Waals surface area contributed by atoms with Crippen LogP contribution in [0.4, 0.5) is 11.4 Å². The smallest absolute Gasteiger partial charge is 0.238 e. The molecule has 0 radical (unpaired) electrons. The van der Waals surface area contributed by atoms with Crippen molar-refractivity contribution in [1.82, 2.24) is 4.90 Å². The first-order valence-corrected chi connectivity index (χ1v) is 7.61. The summed E-state index contributed by atoms with van der Waals surface area (Å²) in [6, 6.07) is 5.79. The van der Waals surface area contributed by atoms with E-state index in [1.807, 2.05) is 0 Å². The maximum absolute atomic E-state index is 12.3. The van der Waals surface area contributed by atoms with Crippen LogP contribution in [0.15, 0.2) is 18.2 Å². The lowest BCUT2D eigenvalue weighted by atomic mass is 10.2. The summed E-state index contributed by atoms with van der Waals surface area (Å²) >= 11 is 0. The van der Waals surface area contributed by atoms with Crippen molar-refractivity contribution in [1.29, 1.82) is 0 Å². The topological polar surface area (TPSA) is 67.6 Å². The Bertz CT molecular complexity index is 484. The third kappa shape index (κ3) is 4.11. The number of hydrogen-bond donors (Lipinski definition) is 2. The number of methoxy groups -OCH3 is 1. The average molecular weight is 291 g/mol. The lowest BCUT2D eigenvalue weighted by Crippen LogP contribution is -2.39. The summed E-state index contributed by atoms with van der Waals surface area (Å²) in [6.45, 7) is 3.41. The van der Waals surface area contributed by atoms with Crippen LogP contribution in [0, 0.1) is 0 Å². The fourth-order valence-corrected chi connectivity index (χ4v) is 2.97. The summed E-state index contributed by atoms with van der Waals surface area (Å²) in [5, 5.41) is 2.90. The van der Waals surface area contributed by atoms with Crippen molar-refractivity contribution in [2.75, 3.05) is 31.2 Å². The number of benzene rings is 1. The van der Waals surface area contributed by atoms with Crippen LogP contribution in [-0.2, 0) is 4.79 Å². The fourth-order valence-electron chi connectivity index (χ4n) is 2.97. The van der Waals surface area contributed by atoms with Crippen LogP contribution in [0.3, 0.4) is 0 Å². The van der Waals surface area contributed by atoms with Crippen LogP contribution in [0.25, 0.3) is 0 Å². The van der Waals surface area contributed by atoms with Gasteiger partial charge in [0, 0.05) is 11.7 Å². The van der Waals surface area contributed by atoms with E-state index in [-0.39, 0.29) is 5.91 Å². The van der Waals surface area contributed by atoms with E-state index in [1.54, 1.807) is 25.3 Å². The minimum Gasteiger partial charge on any atom is -0.495 e. The molecule has 1 fully saturated rings. The van der Waals surface area contributed by atoms with Gasteiger partial charge in [-0.2, -0.15) is 0 Å². The molecular weight excluding hydrogens is 266 g/mol.